The second-order valence-corrected chi connectivity index (χ2v) is 5.95. The van der Waals surface area contributed by atoms with Crippen molar-refractivity contribution in [2.45, 2.75) is 20.3 Å². The SMILES string of the molecule is CCOC(=O)N1CCN(CC(=O)NC2=C(C(=O)OC)CC=C2C)CC1.[HH]. The smallest absolute Gasteiger partial charge is 0.409 e. The van der Waals surface area contributed by atoms with E-state index in [1.165, 1.54) is 7.11 Å². The molecule has 1 saturated heterocycles. The maximum Gasteiger partial charge on any atom is 0.409 e. The molecule has 2 rings (SSSR count). The number of nitrogens with one attached hydrogen (secondary N) is 1. The molecule has 0 unspecified atom stereocenters. The standard InChI is InChI=1S/C17H25N3O5.H2/c1-4-25-17(23)20-9-7-19(8-10-20)11-14(21)18-15-12(2)5-6-13(15)16(22)24-3;/h5H,4,6-11H2,1-3H3,(H,18,21);1H. The predicted octanol–water partition coefficient (Wildman–Crippen LogP) is 0.900. The number of carbonyl (C=O) groups excluding carboxylic acids is 3. The molecule has 1 fully saturated rings. The summed E-state index contributed by atoms with van der Waals surface area (Å²) in [6.07, 6.45) is 2.04. The fraction of sp³-hybridized carbons (Fsp3) is 0.588. The van der Waals surface area contributed by atoms with E-state index in [0.717, 1.165) is 5.57 Å². The van der Waals surface area contributed by atoms with Gasteiger partial charge in [-0.25, -0.2) is 9.59 Å². The minimum absolute atomic E-state index is 0. The first kappa shape index (κ1) is 19.0. The average molecular weight is 353 g/mol. The van der Waals surface area contributed by atoms with Gasteiger partial charge in [0.1, 0.15) is 0 Å². The molecule has 0 radical (unpaired) electrons. The number of methoxy groups -OCH3 is 1. The number of piperazine rings is 1. The van der Waals surface area contributed by atoms with Gasteiger partial charge in [-0.15, -0.1) is 0 Å². The van der Waals surface area contributed by atoms with Crippen molar-refractivity contribution in [2.24, 2.45) is 0 Å². The van der Waals surface area contributed by atoms with Crippen LogP contribution in [0.15, 0.2) is 22.9 Å². The third-order valence-corrected chi connectivity index (χ3v) is 4.27. The second kappa shape index (κ2) is 8.66. The highest BCUT2D eigenvalue weighted by Gasteiger charge is 2.26. The number of carbonyl (C=O) groups is 3. The number of hydrogen-bond donors (Lipinski definition) is 1. The third kappa shape index (κ3) is 4.82. The molecule has 140 valence electrons. The molecule has 2 amide bonds. The molecule has 0 saturated carbocycles. The first-order valence-corrected chi connectivity index (χ1v) is 8.38. The van der Waals surface area contributed by atoms with Gasteiger partial charge in [0.15, 0.2) is 0 Å². The van der Waals surface area contributed by atoms with Crippen LogP contribution in [0, 0.1) is 0 Å². The zero-order chi connectivity index (χ0) is 18.4. The van der Waals surface area contributed by atoms with Crippen molar-refractivity contribution < 1.29 is 25.3 Å². The van der Waals surface area contributed by atoms with Gasteiger partial charge in [0.2, 0.25) is 5.91 Å². The zero-order valence-electron chi connectivity index (χ0n) is 15.0. The van der Waals surface area contributed by atoms with E-state index >= 15 is 0 Å². The van der Waals surface area contributed by atoms with Gasteiger partial charge < -0.3 is 19.7 Å². The van der Waals surface area contributed by atoms with Crippen molar-refractivity contribution in [3.05, 3.63) is 22.9 Å². The van der Waals surface area contributed by atoms with Crippen molar-refractivity contribution in [1.82, 2.24) is 15.1 Å². The van der Waals surface area contributed by atoms with Crippen LogP contribution in [0.3, 0.4) is 0 Å². The molecule has 1 heterocycles. The van der Waals surface area contributed by atoms with Crippen LogP contribution in [0.5, 0.6) is 0 Å². The van der Waals surface area contributed by atoms with Crippen LogP contribution in [0.25, 0.3) is 0 Å². The van der Waals surface area contributed by atoms with Crippen LogP contribution >= 0.6 is 0 Å². The molecule has 25 heavy (non-hydrogen) atoms. The Kier molecular flexibility index (Phi) is 6.58. The summed E-state index contributed by atoms with van der Waals surface area (Å²) in [5, 5.41) is 2.82. The summed E-state index contributed by atoms with van der Waals surface area (Å²) in [6.45, 7) is 6.45. The second-order valence-electron chi connectivity index (χ2n) is 5.95. The van der Waals surface area contributed by atoms with E-state index in [1.54, 1.807) is 11.8 Å². The highest BCUT2D eigenvalue weighted by Crippen LogP contribution is 2.24. The molecule has 1 N–H and O–H groups in total. The highest BCUT2D eigenvalue weighted by atomic mass is 16.6. The molecule has 0 spiro atoms. The topological polar surface area (TPSA) is 88.2 Å². The van der Waals surface area contributed by atoms with Crippen LogP contribution in [-0.2, 0) is 19.1 Å². The number of nitrogens with zero attached hydrogens (tertiary/aromatic N) is 2. The Hall–Kier alpha value is -2.35. The Morgan fingerprint density at radius 1 is 1.24 bits per heavy atom. The lowest BCUT2D eigenvalue weighted by Crippen LogP contribution is -2.51. The van der Waals surface area contributed by atoms with Gasteiger partial charge >= 0.3 is 12.1 Å². The average Bonchev–Trinajstić information content (AvgIpc) is 2.95. The lowest BCUT2D eigenvalue weighted by Gasteiger charge is -2.33. The van der Waals surface area contributed by atoms with Crippen molar-refractivity contribution in [2.75, 3.05) is 46.4 Å². The fourth-order valence-corrected chi connectivity index (χ4v) is 2.87. The summed E-state index contributed by atoms with van der Waals surface area (Å²) >= 11 is 0. The molecular weight excluding hydrogens is 326 g/mol. The summed E-state index contributed by atoms with van der Waals surface area (Å²) in [5.41, 5.74) is 1.88. The number of rotatable bonds is 5. The van der Waals surface area contributed by atoms with Crippen LogP contribution in [0.4, 0.5) is 4.79 Å². The van der Waals surface area contributed by atoms with Crippen LogP contribution in [-0.4, -0.2) is 74.2 Å². The van der Waals surface area contributed by atoms with Gasteiger partial charge in [-0.3, -0.25) is 9.69 Å². The molecule has 0 atom stereocenters. The van der Waals surface area contributed by atoms with Gasteiger partial charge in [0.05, 0.1) is 31.5 Å². The number of allylic oxidation sites excluding steroid dienone is 2. The number of esters is 1. The molecule has 0 bridgehead atoms. The summed E-state index contributed by atoms with van der Waals surface area (Å²) in [6, 6.07) is 0. The van der Waals surface area contributed by atoms with Gasteiger partial charge in [-0.2, -0.15) is 0 Å². The summed E-state index contributed by atoms with van der Waals surface area (Å²) in [4.78, 5) is 39.4. The highest BCUT2D eigenvalue weighted by molar-refractivity contribution is 5.93. The summed E-state index contributed by atoms with van der Waals surface area (Å²) in [7, 11) is 1.32. The summed E-state index contributed by atoms with van der Waals surface area (Å²) in [5.74, 6) is -0.609. The van der Waals surface area contributed by atoms with E-state index in [2.05, 4.69) is 5.32 Å². The Labute approximate surface area is 148 Å². The Morgan fingerprint density at radius 3 is 2.52 bits per heavy atom. The van der Waals surface area contributed by atoms with Crippen LogP contribution in [0.1, 0.15) is 21.7 Å². The molecule has 1 aliphatic heterocycles. The van der Waals surface area contributed by atoms with Crippen LogP contribution < -0.4 is 5.32 Å². The molecule has 0 aromatic carbocycles. The fourth-order valence-electron chi connectivity index (χ4n) is 2.87. The van der Waals surface area contributed by atoms with Gasteiger partial charge in [0.25, 0.3) is 0 Å². The van der Waals surface area contributed by atoms with E-state index in [1.807, 2.05) is 17.9 Å². The first-order valence-electron chi connectivity index (χ1n) is 8.38. The maximum atomic E-state index is 12.3. The van der Waals surface area contributed by atoms with Crippen molar-refractivity contribution in [3.63, 3.8) is 0 Å². The number of hydrogen-bond acceptors (Lipinski definition) is 6. The molecule has 8 nitrogen and oxygen atoms in total. The van der Waals surface area contributed by atoms with Crippen molar-refractivity contribution in [3.8, 4) is 0 Å². The molecular formula is C17H27N3O5. The molecule has 0 aromatic heterocycles. The van der Waals surface area contributed by atoms with Gasteiger partial charge in [-0.1, -0.05) is 6.08 Å². The van der Waals surface area contributed by atoms with E-state index in [9.17, 15) is 14.4 Å². The Balaban J connectivity index is 0.00000338. The van der Waals surface area contributed by atoms with Crippen molar-refractivity contribution >= 4 is 18.0 Å². The lowest BCUT2D eigenvalue weighted by atomic mass is 10.2. The van der Waals surface area contributed by atoms with Gasteiger partial charge in [0, 0.05) is 34.0 Å². The molecule has 8 heteroatoms. The minimum Gasteiger partial charge on any atom is -0.466 e. The maximum absolute atomic E-state index is 12.3. The van der Waals surface area contributed by atoms with Crippen LogP contribution in [0.2, 0.25) is 0 Å². The summed E-state index contributed by atoms with van der Waals surface area (Å²) < 4.78 is 9.73. The molecule has 0 aromatic rings. The quantitative estimate of drug-likeness (QED) is 0.739. The Morgan fingerprint density at radius 2 is 1.92 bits per heavy atom. The largest absolute Gasteiger partial charge is 0.466 e. The third-order valence-electron chi connectivity index (χ3n) is 4.27. The molecule has 1 aliphatic carbocycles. The normalized spacial score (nSPS) is 18.0. The molecule has 2 aliphatic rings. The lowest BCUT2D eigenvalue weighted by molar-refractivity contribution is -0.136. The predicted molar refractivity (Wildman–Crippen MR) is 92.7 cm³/mol. The van der Waals surface area contributed by atoms with Crippen molar-refractivity contribution in [1.29, 1.82) is 0 Å². The van der Waals surface area contributed by atoms with E-state index < -0.39 is 5.97 Å². The first-order chi connectivity index (χ1) is 12.0. The monoisotopic (exact) mass is 353 g/mol. The van der Waals surface area contributed by atoms with E-state index in [4.69, 9.17) is 9.47 Å². The van der Waals surface area contributed by atoms with Gasteiger partial charge in [-0.05, 0) is 19.4 Å². The zero-order valence-corrected chi connectivity index (χ0v) is 15.0. The Bertz CT molecular complexity index is 610. The number of ether oxygens (including phenoxy) is 2. The van der Waals surface area contributed by atoms with E-state index in [0.29, 0.717) is 50.5 Å². The number of amides is 2. The van der Waals surface area contributed by atoms with E-state index in [-0.39, 0.29) is 20.0 Å². The minimum atomic E-state index is -0.425.